The summed E-state index contributed by atoms with van der Waals surface area (Å²) in [5.41, 5.74) is 1.68. The quantitative estimate of drug-likeness (QED) is 0.821. The first-order valence-corrected chi connectivity index (χ1v) is 9.48. The third-order valence-corrected chi connectivity index (χ3v) is 6.15. The number of rotatable bonds is 6. The van der Waals surface area contributed by atoms with Gasteiger partial charge in [0.15, 0.2) is 0 Å². The van der Waals surface area contributed by atoms with Crippen LogP contribution in [0.5, 0.6) is 0 Å². The molecule has 1 aliphatic carbocycles. The van der Waals surface area contributed by atoms with Crippen molar-refractivity contribution in [3.05, 3.63) is 52.0 Å². The van der Waals surface area contributed by atoms with Crippen molar-refractivity contribution in [2.24, 2.45) is 0 Å². The van der Waals surface area contributed by atoms with Crippen LogP contribution in [-0.2, 0) is 22.3 Å². The summed E-state index contributed by atoms with van der Waals surface area (Å²) in [6.45, 7) is 2.33. The Balaban J connectivity index is 1.79. The summed E-state index contributed by atoms with van der Waals surface area (Å²) in [7, 11) is -3.30. The van der Waals surface area contributed by atoms with Crippen molar-refractivity contribution in [3.8, 4) is 0 Å². The van der Waals surface area contributed by atoms with E-state index in [0.717, 1.165) is 29.1 Å². The average molecular weight is 322 g/mol. The van der Waals surface area contributed by atoms with E-state index in [-0.39, 0.29) is 11.8 Å². The Bertz CT molecular complexity index is 706. The molecule has 0 radical (unpaired) electrons. The smallest absolute Gasteiger partial charge is 0.218 e. The van der Waals surface area contributed by atoms with Crippen LogP contribution in [0.1, 0.15) is 29.1 Å². The summed E-state index contributed by atoms with van der Waals surface area (Å²) >= 11 is 1.56. The third kappa shape index (κ3) is 3.70. The van der Waals surface area contributed by atoms with E-state index >= 15 is 0 Å². The zero-order valence-electron chi connectivity index (χ0n) is 11.9. The lowest BCUT2D eigenvalue weighted by atomic mass is 10.2. The van der Waals surface area contributed by atoms with Crippen LogP contribution in [0.2, 0.25) is 0 Å². The van der Waals surface area contributed by atoms with Gasteiger partial charge in [-0.1, -0.05) is 30.3 Å². The fourth-order valence-electron chi connectivity index (χ4n) is 2.33. The van der Waals surface area contributed by atoms with Gasteiger partial charge >= 0.3 is 0 Å². The number of aromatic nitrogens is 1. The number of hydrogen-bond donors (Lipinski definition) is 0. The van der Waals surface area contributed by atoms with E-state index in [1.54, 1.807) is 15.6 Å². The number of benzene rings is 1. The second kappa shape index (κ2) is 5.87. The predicted molar refractivity (Wildman–Crippen MR) is 84.5 cm³/mol. The van der Waals surface area contributed by atoms with Gasteiger partial charge in [-0.25, -0.2) is 13.4 Å². The Hall–Kier alpha value is -1.24. The molecule has 0 amide bonds. The first-order valence-electron chi connectivity index (χ1n) is 6.99. The summed E-state index contributed by atoms with van der Waals surface area (Å²) in [5.74, 6) is 0.0630. The molecule has 0 N–H and O–H groups in total. The molecule has 1 aromatic carbocycles. The molecule has 0 saturated heterocycles. The van der Waals surface area contributed by atoms with Crippen molar-refractivity contribution < 1.29 is 8.42 Å². The Kier molecular flexibility index (Phi) is 4.10. The lowest BCUT2D eigenvalue weighted by Gasteiger charge is -2.21. The highest BCUT2D eigenvalue weighted by molar-refractivity contribution is 7.88. The van der Waals surface area contributed by atoms with E-state index in [2.05, 4.69) is 4.98 Å². The second-order valence-corrected chi connectivity index (χ2v) is 8.36. The molecule has 0 aliphatic heterocycles. The first kappa shape index (κ1) is 14.7. The van der Waals surface area contributed by atoms with Gasteiger partial charge in [0.25, 0.3) is 0 Å². The molecule has 1 aliphatic rings. The van der Waals surface area contributed by atoms with Crippen LogP contribution in [0.3, 0.4) is 0 Å². The molecule has 0 bridgehead atoms. The van der Waals surface area contributed by atoms with Gasteiger partial charge in [-0.2, -0.15) is 4.31 Å². The number of aryl methyl sites for hydroxylation is 1. The zero-order chi connectivity index (χ0) is 14.9. The SMILES string of the molecule is Cc1nc(CN(C2CC2)S(=O)(=O)Cc2ccccc2)cs1. The largest absolute Gasteiger partial charge is 0.245 e. The van der Waals surface area contributed by atoms with Crippen LogP contribution < -0.4 is 0 Å². The lowest BCUT2D eigenvalue weighted by molar-refractivity contribution is 0.394. The molecule has 0 spiro atoms. The Morgan fingerprint density at radius 1 is 1.29 bits per heavy atom. The number of sulfonamides is 1. The fourth-order valence-corrected chi connectivity index (χ4v) is 4.70. The summed E-state index contributed by atoms with van der Waals surface area (Å²) in [4.78, 5) is 4.39. The molecule has 2 aromatic rings. The molecule has 1 heterocycles. The highest BCUT2D eigenvalue weighted by atomic mass is 32.2. The molecule has 21 heavy (non-hydrogen) atoms. The van der Waals surface area contributed by atoms with Crippen molar-refractivity contribution in [1.82, 2.24) is 9.29 Å². The summed E-state index contributed by atoms with van der Waals surface area (Å²) in [6, 6.07) is 9.50. The highest BCUT2D eigenvalue weighted by Gasteiger charge is 2.37. The van der Waals surface area contributed by atoms with Gasteiger partial charge < -0.3 is 0 Å². The van der Waals surface area contributed by atoms with E-state index in [4.69, 9.17) is 0 Å². The van der Waals surface area contributed by atoms with E-state index in [0.29, 0.717) is 6.54 Å². The van der Waals surface area contributed by atoms with Crippen molar-refractivity contribution in [2.75, 3.05) is 0 Å². The van der Waals surface area contributed by atoms with Crippen LogP contribution in [0.25, 0.3) is 0 Å². The van der Waals surface area contributed by atoms with Gasteiger partial charge in [0, 0.05) is 11.4 Å². The van der Waals surface area contributed by atoms with Gasteiger partial charge in [-0.15, -0.1) is 11.3 Å². The molecular weight excluding hydrogens is 304 g/mol. The second-order valence-electron chi connectivity index (χ2n) is 5.38. The van der Waals surface area contributed by atoms with Crippen LogP contribution in [0.15, 0.2) is 35.7 Å². The topological polar surface area (TPSA) is 50.3 Å². The first-order chi connectivity index (χ1) is 10.0. The van der Waals surface area contributed by atoms with Crippen molar-refractivity contribution in [1.29, 1.82) is 0 Å². The predicted octanol–water partition coefficient (Wildman–Crippen LogP) is 2.95. The van der Waals surface area contributed by atoms with E-state index in [1.807, 2.05) is 42.6 Å². The highest BCUT2D eigenvalue weighted by Crippen LogP contribution is 2.32. The van der Waals surface area contributed by atoms with Gasteiger partial charge in [0.2, 0.25) is 10.0 Å². The molecule has 3 rings (SSSR count). The third-order valence-electron chi connectivity index (χ3n) is 3.49. The molecule has 1 saturated carbocycles. The van der Waals surface area contributed by atoms with Gasteiger partial charge in [0.05, 0.1) is 23.0 Å². The zero-order valence-corrected chi connectivity index (χ0v) is 13.5. The van der Waals surface area contributed by atoms with Gasteiger partial charge in [0.1, 0.15) is 0 Å². The lowest BCUT2D eigenvalue weighted by Crippen LogP contribution is -2.33. The number of nitrogens with zero attached hydrogens (tertiary/aromatic N) is 2. The Morgan fingerprint density at radius 2 is 2.00 bits per heavy atom. The minimum atomic E-state index is -3.30. The maximum atomic E-state index is 12.7. The molecule has 6 heteroatoms. The van der Waals surface area contributed by atoms with Crippen LogP contribution in [0, 0.1) is 6.92 Å². The minimum Gasteiger partial charge on any atom is -0.245 e. The molecule has 1 fully saturated rings. The summed E-state index contributed by atoms with van der Waals surface area (Å²) < 4.78 is 27.0. The average Bonchev–Trinajstić information content (AvgIpc) is 3.19. The van der Waals surface area contributed by atoms with Crippen molar-refractivity contribution in [3.63, 3.8) is 0 Å². The van der Waals surface area contributed by atoms with Crippen LogP contribution >= 0.6 is 11.3 Å². The number of thiazole rings is 1. The Labute approximate surface area is 129 Å². The minimum absolute atomic E-state index is 0.0630. The molecule has 0 unspecified atom stereocenters. The maximum absolute atomic E-state index is 12.7. The molecular formula is C15H18N2O2S2. The summed E-state index contributed by atoms with van der Waals surface area (Å²) in [5, 5.41) is 2.92. The monoisotopic (exact) mass is 322 g/mol. The van der Waals surface area contributed by atoms with Gasteiger partial charge in [-0.3, -0.25) is 0 Å². The molecule has 4 nitrogen and oxygen atoms in total. The van der Waals surface area contributed by atoms with Crippen LogP contribution in [-0.4, -0.2) is 23.7 Å². The Morgan fingerprint density at radius 3 is 2.57 bits per heavy atom. The number of hydrogen-bond acceptors (Lipinski definition) is 4. The fraction of sp³-hybridized carbons (Fsp3) is 0.400. The van der Waals surface area contributed by atoms with Gasteiger partial charge in [-0.05, 0) is 25.3 Å². The summed E-state index contributed by atoms with van der Waals surface area (Å²) in [6.07, 6.45) is 1.91. The van der Waals surface area contributed by atoms with E-state index in [1.165, 1.54) is 0 Å². The maximum Gasteiger partial charge on any atom is 0.218 e. The standard InChI is InChI=1S/C15H18N2O2S2/c1-12-16-14(10-20-12)9-17(15-7-8-15)21(18,19)11-13-5-3-2-4-6-13/h2-6,10,15H,7-9,11H2,1H3. The molecule has 1 aromatic heterocycles. The van der Waals surface area contributed by atoms with Crippen molar-refractivity contribution in [2.45, 2.75) is 38.1 Å². The molecule has 112 valence electrons. The van der Waals surface area contributed by atoms with Crippen molar-refractivity contribution >= 4 is 21.4 Å². The van der Waals surface area contributed by atoms with E-state index < -0.39 is 10.0 Å². The normalized spacial score (nSPS) is 15.5. The van der Waals surface area contributed by atoms with Crippen LogP contribution in [0.4, 0.5) is 0 Å². The molecule has 0 atom stereocenters. The van der Waals surface area contributed by atoms with E-state index in [9.17, 15) is 8.42 Å².